The highest BCUT2D eigenvalue weighted by Crippen LogP contribution is 2.30. The summed E-state index contributed by atoms with van der Waals surface area (Å²) in [5.74, 6) is 0.709. The smallest absolute Gasteiger partial charge is 0.244 e. The molecule has 0 saturated carbocycles. The van der Waals surface area contributed by atoms with Crippen molar-refractivity contribution in [2.24, 2.45) is 7.05 Å². The van der Waals surface area contributed by atoms with Gasteiger partial charge in [0.1, 0.15) is 12.2 Å². The van der Waals surface area contributed by atoms with E-state index in [0.29, 0.717) is 5.39 Å². The molecule has 1 aromatic carbocycles. The van der Waals surface area contributed by atoms with Crippen LogP contribution in [0.5, 0.6) is 0 Å². The Morgan fingerprint density at radius 2 is 1.89 bits per heavy atom. The molecule has 1 fully saturated rings. The van der Waals surface area contributed by atoms with Crippen LogP contribution in [0.3, 0.4) is 0 Å². The maximum Gasteiger partial charge on any atom is 0.244 e. The molecule has 3 heterocycles. The molecule has 4 rings (SSSR count). The molecule has 3 aromatic rings. The number of para-hydroxylation sites is 1. The van der Waals surface area contributed by atoms with Crippen LogP contribution in [-0.2, 0) is 18.4 Å². The molecule has 0 atom stereocenters. The Bertz CT molecular complexity index is 1110. The number of pyridine rings is 1. The number of hydrogen-bond donors (Lipinski definition) is 1. The van der Waals surface area contributed by atoms with Crippen LogP contribution >= 0.6 is 0 Å². The minimum absolute atomic E-state index is 0.0239. The lowest BCUT2D eigenvalue weighted by molar-refractivity contribution is -0.116. The molecular formula is C21H25N5O2. The molecule has 0 radical (unpaired) electrons. The number of amides is 1. The van der Waals surface area contributed by atoms with Crippen molar-refractivity contribution in [2.45, 2.75) is 33.2 Å². The summed E-state index contributed by atoms with van der Waals surface area (Å²) in [6.07, 6.45) is 2.29. The fourth-order valence-corrected chi connectivity index (χ4v) is 3.87. The number of nitrogens with zero attached hydrogens (tertiary/aromatic N) is 4. The van der Waals surface area contributed by atoms with Crippen molar-refractivity contribution in [3.05, 3.63) is 51.9 Å². The van der Waals surface area contributed by atoms with E-state index in [1.165, 1.54) is 0 Å². The third-order valence-electron chi connectivity index (χ3n) is 5.51. The van der Waals surface area contributed by atoms with Gasteiger partial charge in [-0.15, -0.1) is 0 Å². The molecule has 1 aliphatic heterocycles. The summed E-state index contributed by atoms with van der Waals surface area (Å²) >= 11 is 0. The molecule has 2 aromatic heterocycles. The van der Waals surface area contributed by atoms with Crippen LogP contribution < -0.4 is 15.6 Å². The second-order valence-electron chi connectivity index (χ2n) is 7.40. The van der Waals surface area contributed by atoms with Crippen molar-refractivity contribution in [3.63, 3.8) is 0 Å². The molecule has 0 bridgehead atoms. The Balaban J connectivity index is 1.65. The molecule has 1 aliphatic rings. The molecule has 0 unspecified atom stereocenters. The van der Waals surface area contributed by atoms with Crippen molar-refractivity contribution in [1.82, 2.24) is 14.3 Å². The van der Waals surface area contributed by atoms with E-state index in [0.717, 1.165) is 54.3 Å². The summed E-state index contributed by atoms with van der Waals surface area (Å²) in [7, 11) is 1.89. The van der Waals surface area contributed by atoms with Gasteiger partial charge in [0.15, 0.2) is 11.2 Å². The summed E-state index contributed by atoms with van der Waals surface area (Å²) < 4.78 is 3.69. The van der Waals surface area contributed by atoms with Crippen LogP contribution in [0.4, 0.5) is 11.5 Å². The predicted molar refractivity (Wildman–Crippen MR) is 111 cm³/mol. The average molecular weight is 379 g/mol. The largest absolute Gasteiger partial charge is 0.353 e. The molecule has 0 aliphatic carbocycles. The number of benzene rings is 1. The summed E-state index contributed by atoms with van der Waals surface area (Å²) in [6.45, 7) is 5.88. The van der Waals surface area contributed by atoms with Gasteiger partial charge in [0.25, 0.3) is 0 Å². The Labute approximate surface area is 163 Å². The van der Waals surface area contributed by atoms with Crippen LogP contribution in [0.2, 0.25) is 0 Å². The molecule has 7 heteroatoms. The quantitative estimate of drug-likeness (QED) is 0.756. The summed E-state index contributed by atoms with van der Waals surface area (Å²) in [5, 5.41) is 8.30. The van der Waals surface area contributed by atoms with Gasteiger partial charge in [0.2, 0.25) is 5.91 Å². The summed E-state index contributed by atoms with van der Waals surface area (Å²) in [6, 6.07) is 8.97. The molecular weight excluding hydrogens is 354 g/mol. The highest BCUT2D eigenvalue weighted by atomic mass is 16.2. The van der Waals surface area contributed by atoms with Gasteiger partial charge in [0, 0.05) is 37.3 Å². The third-order valence-corrected chi connectivity index (χ3v) is 5.51. The molecule has 1 amide bonds. The number of carbonyl (C=O) groups excluding carboxylic acids is 1. The molecule has 1 saturated heterocycles. The molecule has 146 valence electrons. The predicted octanol–water partition coefficient (Wildman–Crippen LogP) is 2.59. The van der Waals surface area contributed by atoms with Gasteiger partial charge in [-0.2, -0.15) is 5.10 Å². The number of carbonyl (C=O) groups is 1. The lowest BCUT2D eigenvalue weighted by Crippen LogP contribution is -2.24. The van der Waals surface area contributed by atoms with E-state index in [1.807, 2.05) is 48.3 Å². The zero-order valence-corrected chi connectivity index (χ0v) is 16.5. The maximum atomic E-state index is 12.9. The van der Waals surface area contributed by atoms with Crippen LogP contribution in [0, 0.1) is 13.8 Å². The van der Waals surface area contributed by atoms with Crippen molar-refractivity contribution in [2.75, 3.05) is 23.3 Å². The fourth-order valence-electron chi connectivity index (χ4n) is 3.87. The first-order valence-electron chi connectivity index (χ1n) is 9.63. The van der Waals surface area contributed by atoms with Gasteiger partial charge in [-0.05, 0) is 38.8 Å². The Kier molecular flexibility index (Phi) is 4.66. The van der Waals surface area contributed by atoms with E-state index in [4.69, 9.17) is 0 Å². The second kappa shape index (κ2) is 7.14. The van der Waals surface area contributed by atoms with Crippen molar-refractivity contribution in [3.8, 4) is 0 Å². The number of nitrogens with one attached hydrogen (secondary N) is 1. The Morgan fingerprint density at radius 3 is 2.64 bits per heavy atom. The van der Waals surface area contributed by atoms with Crippen LogP contribution in [-0.4, -0.2) is 33.3 Å². The van der Waals surface area contributed by atoms with Gasteiger partial charge < -0.3 is 14.8 Å². The lowest BCUT2D eigenvalue weighted by atomic mass is 10.2. The molecule has 1 N–H and O–H groups in total. The second-order valence-corrected chi connectivity index (χ2v) is 7.40. The third kappa shape index (κ3) is 3.17. The standard InChI is InChI=1S/C21H25N5O2/c1-14-12-18(27)16-8-4-5-9-17(16)26(14)13-19(28)22-20-15(2)24(3)23-21(20)25-10-6-7-11-25/h4-5,8-9,12H,6-7,10-11,13H2,1-3H3,(H,22,28). The first-order valence-corrected chi connectivity index (χ1v) is 9.63. The van der Waals surface area contributed by atoms with Crippen LogP contribution in [0.15, 0.2) is 35.1 Å². The zero-order valence-electron chi connectivity index (χ0n) is 16.5. The van der Waals surface area contributed by atoms with Gasteiger partial charge >= 0.3 is 0 Å². The van der Waals surface area contributed by atoms with E-state index in [1.54, 1.807) is 12.1 Å². The number of fused-ring (bicyclic) bond motifs is 1. The summed E-state index contributed by atoms with van der Waals surface area (Å²) in [4.78, 5) is 27.4. The van der Waals surface area contributed by atoms with E-state index < -0.39 is 0 Å². The minimum Gasteiger partial charge on any atom is -0.353 e. The van der Waals surface area contributed by atoms with E-state index in [2.05, 4.69) is 15.3 Å². The fraction of sp³-hybridized carbons (Fsp3) is 0.381. The number of anilines is 2. The molecule has 0 spiro atoms. The average Bonchev–Trinajstić information content (AvgIpc) is 3.29. The van der Waals surface area contributed by atoms with Crippen LogP contribution in [0.1, 0.15) is 24.2 Å². The highest BCUT2D eigenvalue weighted by molar-refractivity contribution is 5.95. The minimum atomic E-state index is -0.131. The van der Waals surface area contributed by atoms with Gasteiger partial charge in [-0.3, -0.25) is 14.3 Å². The van der Waals surface area contributed by atoms with E-state index in [-0.39, 0.29) is 17.9 Å². The van der Waals surface area contributed by atoms with Crippen molar-refractivity contribution in [1.29, 1.82) is 0 Å². The van der Waals surface area contributed by atoms with Crippen LogP contribution in [0.25, 0.3) is 10.9 Å². The number of hydrogen-bond acceptors (Lipinski definition) is 4. The normalized spacial score (nSPS) is 14.0. The van der Waals surface area contributed by atoms with Crippen molar-refractivity contribution < 1.29 is 4.79 Å². The highest BCUT2D eigenvalue weighted by Gasteiger charge is 2.23. The number of aromatic nitrogens is 3. The van der Waals surface area contributed by atoms with Crippen molar-refractivity contribution >= 4 is 28.3 Å². The first kappa shape index (κ1) is 18.3. The summed E-state index contributed by atoms with van der Waals surface area (Å²) in [5.41, 5.74) is 3.21. The topological polar surface area (TPSA) is 72.2 Å². The number of rotatable bonds is 4. The molecule has 28 heavy (non-hydrogen) atoms. The lowest BCUT2D eigenvalue weighted by Gasteiger charge is -2.18. The zero-order chi connectivity index (χ0) is 19.8. The van der Waals surface area contributed by atoms with Gasteiger partial charge in [0.05, 0.1) is 11.2 Å². The number of aryl methyl sites for hydroxylation is 2. The SMILES string of the molecule is Cc1c(NC(=O)Cn2c(C)cc(=O)c3ccccc32)c(N2CCCC2)nn1C. The molecule has 7 nitrogen and oxygen atoms in total. The van der Waals surface area contributed by atoms with Gasteiger partial charge in [-0.25, -0.2) is 0 Å². The van der Waals surface area contributed by atoms with E-state index >= 15 is 0 Å². The first-order chi connectivity index (χ1) is 13.5. The Hall–Kier alpha value is -3.09. The Morgan fingerprint density at radius 1 is 1.18 bits per heavy atom. The maximum absolute atomic E-state index is 12.9. The van der Waals surface area contributed by atoms with Gasteiger partial charge in [-0.1, -0.05) is 12.1 Å². The van der Waals surface area contributed by atoms with E-state index in [9.17, 15) is 9.59 Å². The monoisotopic (exact) mass is 379 g/mol.